The first-order valence-electron chi connectivity index (χ1n) is 6.83. The molecule has 0 atom stereocenters. The van der Waals surface area contributed by atoms with Crippen molar-refractivity contribution in [1.29, 1.82) is 0 Å². The van der Waals surface area contributed by atoms with Crippen molar-refractivity contribution in [1.82, 2.24) is 0 Å². The average molecular weight is 278 g/mol. The van der Waals surface area contributed by atoms with Crippen molar-refractivity contribution in [2.45, 2.75) is 38.8 Å². The van der Waals surface area contributed by atoms with E-state index in [-0.39, 0.29) is 29.9 Å². The van der Waals surface area contributed by atoms with Crippen molar-refractivity contribution < 1.29 is 28.3 Å². The third-order valence-corrected chi connectivity index (χ3v) is 3.19. The molecule has 0 bridgehead atoms. The fraction of sp³-hybridized carbons (Fsp3) is 0.500. The summed E-state index contributed by atoms with van der Waals surface area (Å²) in [7, 11) is 0. The van der Waals surface area contributed by atoms with Gasteiger partial charge in [0.2, 0.25) is 0 Å². The molecule has 0 amide bonds. The molecule has 106 valence electrons. The largest absolute Gasteiger partial charge is 1.00 e. The number of hydrogen-bond acceptors (Lipinski definition) is 4. The molecule has 1 aromatic rings. The van der Waals surface area contributed by atoms with Crippen molar-refractivity contribution in [2.24, 2.45) is 9.98 Å². The van der Waals surface area contributed by atoms with Crippen LogP contribution in [0.4, 0.5) is 0 Å². The maximum Gasteiger partial charge on any atom is 1.00 e. The molecule has 5 heteroatoms. The molecule has 3 rings (SSSR count). The maximum atomic E-state index is 5.65. The minimum absolute atomic E-state index is 0. The SMILES string of the molecule is CC1(C)COC(c2[c-]c(C3=NC(C)(C)CO3)ccc2)=N1.[Li+]. The first-order chi connectivity index (χ1) is 9.35. The van der Waals surface area contributed by atoms with E-state index in [9.17, 15) is 0 Å². The van der Waals surface area contributed by atoms with E-state index < -0.39 is 0 Å². The van der Waals surface area contributed by atoms with Gasteiger partial charge in [-0.05, 0) is 27.7 Å². The molecule has 0 fully saturated rings. The van der Waals surface area contributed by atoms with E-state index in [1.165, 1.54) is 0 Å². The second-order valence-electron chi connectivity index (χ2n) is 6.51. The van der Waals surface area contributed by atoms with Gasteiger partial charge in [0.15, 0.2) is 0 Å². The number of aliphatic imine (C=N–C) groups is 2. The van der Waals surface area contributed by atoms with Crippen molar-refractivity contribution in [3.8, 4) is 0 Å². The molecular weight excluding hydrogens is 259 g/mol. The van der Waals surface area contributed by atoms with Crippen molar-refractivity contribution >= 4 is 11.8 Å². The molecule has 21 heavy (non-hydrogen) atoms. The van der Waals surface area contributed by atoms with Gasteiger partial charge in [-0.2, -0.15) is 0 Å². The fourth-order valence-corrected chi connectivity index (χ4v) is 2.16. The normalized spacial score (nSPS) is 21.7. The van der Waals surface area contributed by atoms with Gasteiger partial charge in [0, 0.05) is 0 Å². The standard InChI is InChI=1S/C16H19N2O2.Li/c1-15(2)9-19-13(17-15)11-6-5-7-12(8-11)14-18-16(3,4)10-20-14;/h5-7H,9-10H2,1-4H3;/q-1;+1. The van der Waals surface area contributed by atoms with Gasteiger partial charge in [-0.1, -0.05) is 11.1 Å². The van der Waals surface area contributed by atoms with Crippen LogP contribution in [-0.2, 0) is 9.47 Å². The quantitative estimate of drug-likeness (QED) is 0.546. The molecule has 0 aromatic heterocycles. The fourth-order valence-electron chi connectivity index (χ4n) is 2.16. The van der Waals surface area contributed by atoms with Gasteiger partial charge in [-0.25, -0.2) is 0 Å². The summed E-state index contributed by atoms with van der Waals surface area (Å²) in [5, 5.41) is 0. The topological polar surface area (TPSA) is 43.2 Å². The van der Waals surface area contributed by atoms with Crippen LogP contribution in [0.2, 0.25) is 0 Å². The monoisotopic (exact) mass is 278 g/mol. The van der Waals surface area contributed by atoms with Crippen LogP contribution in [-0.4, -0.2) is 36.1 Å². The Morgan fingerprint density at radius 2 is 1.33 bits per heavy atom. The molecular formula is C16H19LiN2O2. The van der Waals surface area contributed by atoms with E-state index >= 15 is 0 Å². The smallest absolute Gasteiger partial charge is 0.509 e. The van der Waals surface area contributed by atoms with Crippen LogP contribution in [0, 0.1) is 6.07 Å². The number of nitrogens with zero attached hydrogens (tertiary/aromatic N) is 2. The van der Waals surface area contributed by atoms with Crippen LogP contribution in [0.25, 0.3) is 0 Å². The van der Waals surface area contributed by atoms with E-state index in [2.05, 4.69) is 43.7 Å². The van der Waals surface area contributed by atoms with Gasteiger partial charge in [-0.3, -0.25) is 9.98 Å². The summed E-state index contributed by atoms with van der Waals surface area (Å²) in [4.78, 5) is 9.14. The molecule has 0 radical (unpaired) electrons. The van der Waals surface area contributed by atoms with E-state index in [0.29, 0.717) is 25.0 Å². The zero-order chi connectivity index (χ0) is 14.4. The van der Waals surface area contributed by atoms with Gasteiger partial charge in [-0.15, -0.1) is 24.3 Å². The van der Waals surface area contributed by atoms with Crippen LogP contribution in [0.3, 0.4) is 0 Å². The summed E-state index contributed by atoms with van der Waals surface area (Å²) in [5.74, 6) is 1.30. The van der Waals surface area contributed by atoms with Crippen molar-refractivity contribution in [3.05, 3.63) is 35.4 Å². The van der Waals surface area contributed by atoms with Crippen molar-refractivity contribution in [2.75, 3.05) is 13.2 Å². The van der Waals surface area contributed by atoms with E-state index in [1.54, 1.807) is 0 Å². The van der Waals surface area contributed by atoms with Gasteiger partial charge in [0.25, 0.3) is 0 Å². The average Bonchev–Trinajstić information content (AvgIpc) is 2.92. The summed E-state index contributed by atoms with van der Waals surface area (Å²) in [6.45, 7) is 9.41. The summed E-state index contributed by atoms with van der Waals surface area (Å²) < 4.78 is 11.3. The Bertz CT molecular complexity index is 557. The Balaban J connectivity index is 0.00000161. The second kappa shape index (κ2) is 5.51. The molecule has 0 spiro atoms. The molecule has 0 aliphatic carbocycles. The predicted octanol–water partition coefficient (Wildman–Crippen LogP) is -0.398. The van der Waals surface area contributed by atoms with Crippen LogP contribution in [0.15, 0.2) is 28.2 Å². The number of rotatable bonds is 2. The minimum Gasteiger partial charge on any atom is -0.509 e. The van der Waals surface area contributed by atoms with Gasteiger partial charge in [0.05, 0.1) is 11.1 Å². The zero-order valence-electron chi connectivity index (χ0n) is 13.4. The Morgan fingerprint density at radius 1 is 0.905 bits per heavy atom. The molecule has 2 heterocycles. The molecule has 0 saturated carbocycles. The third-order valence-electron chi connectivity index (χ3n) is 3.19. The van der Waals surface area contributed by atoms with Crippen molar-refractivity contribution in [3.63, 3.8) is 0 Å². The Kier molecular flexibility index (Phi) is 4.23. The Labute approximate surface area is 137 Å². The van der Waals surface area contributed by atoms with E-state index in [0.717, 1.165) is 11.1 Å². The third kappa shape index (κ3) is 3.51. The molecule has 0 N–H and O–H groups in total. The number of benzene rings is 1. The first kappa shape index (κ1) is 16.1. The molecule has 4 nitrogen and oxygen atoms in total. The maximum absolute atomic E-state index is 5.65. The summed E-state index contributed by atoms with van der Waals surface area (Å²) in [6.07, 6.45) is 0. The van der Waals surface area contributed by atoms with Crippen LogP contribution >= 0.6 is 0 Å². The van der Waals surface area contributed by atoms with Gasteiger partial charge < -0.3 is 9.47 Å². The molecule has 1 aromatic carbocycles. The van der Waals surface area contributed by atoms with Crippen LogP contribution in [0.1, 0.15) is 38.8 Å². The first-order valence-corrected chi connectivity index (χ1v) is 6.83. The predicted molar refractivity (Wildman–Crippen MR) is 78.4 cm³/mol. The minimum atomic E-state index is -0.164. The Hall–Kier alpha value is -1.24. The summed E-state index contributed by atoms with van der Waals surface area (Å²) in [5.41, 5.74) is 1.37. The second-order valence-corrected chi connectivity index (χ2v) is 6.51. The van der Waals surface area contributed by atoms with Gasteiger partial charge >= 0.3 is 18.9 Å². The van der Waals surface area contributed by atoms with Gasteiger partial charge in [0.1, 0.15) is 25.0 Å². The molecule has 2 aliphatic rings. The zero-order valence-corrected chi connectivity index (χ0v) is 13.4. The molecule has 0 unspecified atom stereocenters. The van der Waals surface area contributed by atoms with E-state index in [1.807, 2.05) is 18.2 Å². The van der Waals surface area contributed by atoms with E-state index in [4.69, 9.17) is 9.47 Å². The molecule has 0 saturated heterocycles. The number of ether oxygens (including phenoxy) is 2. The summed E-state index contributed by atoms with van der Waals surface area (Å²) >= 11 is 0. The Morgan fingerprint density at radius 3 is 1.67 bits per heavy atom. The van der Waals surface area contributed by atoms with Crippen LogP contribution < -0.4 is 18.9 Å². The number of hydrogen-bond donors (Lipinski definition) is 0. The van der Waals surface area contributed by atoms with Crippen LogP contribution in [0.5, 0.6) is 0 Å². The molecule has 2 aliphatic heterocycles. The summed E-state index contributed by atoms with van der Waals surface area (Å²) in [6, 6.07) is 9.14.